The van der Waals surface area contributed by atoms with E-state index < -0.39 is 19.0 Å². The van der Waals surface area contributed by atoms with Gasteiger partial charge in [-0.2, -0.15) is 0 Å². The molecule has 0 aromatic rings. The first kappa shape index (κ1) is 15.3. The van der Waals surface area contributed by atoms with Crippen LogP contribution in [0.25, 0.3) is 0 Å². The van der Waals surface area contributed by atoms with Gasteiger partial charge in [0.05, 0.1) is 13.1 Å². The molecule has 0 radical (unpaired) electrons. The van der Waals surface area contributed by atoms with Gasteiger partial charge in [0.25, 0.3) is 5.92 Å². The molecule has 1 aliphatic rings. The van der Waals surface area contributed by atoms with Crippen molar-refractivity contribution in [3.8, 4) is 0 Å². The van der Waals surface area contributed by atoms with Gasteiger partial charge in [-0.1, -0.05) is 32.1 Å². The van der Waals surface area contributed by atoms with Crippen LogP contribution in [0, 0.1) is 5.92 Å². The van der Waals surface area contributed by atoms with Crippen LogP contribution in [-0.4, -0.2) is 24.9 Å². The van der Waals surface area contributed by atoms with E-state index in [1.165, 1.54) is 32.1 Å². The van der Waals surface area contributed by atoms with Crippen LogP contribution >= 0.6 is 0 Å². The minimum atomic E-state index is -2.99. The summed E-state index contributed by atoms with van der Waals surface area (Å²) in [4.78, 5) is 11.4. The number of carbonyl (C=O) groups is 1. The summed E-state index contributed by atoms with van der Waals surface area (Å²) in [6, 6.07) is 0. The van der Waals surface area contributed by atoms with Gasteiger partial charge in [0, 0.05) is 6.42 Å². The Balaban J connectivity index is 2.06. The molecule has 0 saturated heterocycles. The Labute approximate surface area is 107 Å². The van der Waals surface area contributed by atoms with Crippen molar-refractivity contribution in [3.63, 3.8) is 0 Å². The summed E-state index contributed by atoms with van der Waals surface area (Å²) >= 11 is 0. The van der Waals surface area contributed by atoms with Crippen LogP contribution in [0.1, 0.15) is 51.4 Å². The van der Waals surface area contributed by atoms with Gasteiger partial charge in [-0.05, 0) is 18.8 Å². The first-order chi connectivity index (χ1) is 8.53. The second-order valence-electron chi connectivity index (χ2n) is 5.23. The number of rotatable bonds is 7. The third kappa shape index (κ3) is 6.28. The van der Waals surface area contributed by atoms with Crippen molar-refractivity contribution in [2.24, 2.45) is 11.7 Å². The average Bonchev–Trinajstić information content (AvgIpc) is 2.38. The highest BCUT2D eigenvalue weighted by molar-refractivity contribution is 5.75. The molecule has 0 heterocycles. The molecule has 0 aromatic carbocycles. The molecule has 3 nitrogen and oxygen atoms in total. The molecule has 106 valence electrons. The van der Waals surface area contributed by atoms with Crippen molar-refractivity contribution >= 4 is 5.91 Å². The highest BCUT2D eigenvalue weighted by Crippen LogP contribution is 2.27. The Morgan fingerprint density at radius 3 is 2.56 bits per heavy atom. The summed E-state index contributed by atoms with van der Waals surface area (Å²) in [5.41, 5.74) is 4.89. The highest BCUT2D eigenvalue weighted by Gasteiger charge is 2.27. The topological polar surface area (TPSA) is 55.1 Å². The van der Waals surface area contributed by atoms with Crippen molar-refractivity contribution in [2.45, 2.75) is 57.3 Å². The van der Waals surface area contributed by atoms with Crippen molar-refractivity contribution in [1.29, 1.82) is 0 Å². The molecule has 1 saturated carbocycles. The van der Waals surface area contributed by atoms with E-state index in [9.17, 15) is 13.6 Å². The minimum absolute atomic E-state index is 0.293. The number of nitrogens with two attached hydrogens (primary N) is 1. The van der Waals surface area contributed by atoms with E-state index in [2.05, 4.69) is 5.32 Å². The maximum atomic E-state index is 12.8. The van der Waals surface area contributed by atoms with E-state index in [0.29, 0.717) is 6.42 Å². The van der Waals surface area contributed by atoms with E-state index in [1.54, 1.807) is 0 Å². The fourth-order valence-corrected chi connectivity index (χ4v) is 2.42. The first-order valence-electron chi connectivity index (χ1n) is 6.88. The number of alkyl halides is 2. The van der Waals surface area contributed by atoms with E-state index in [-0.39, 0.29) is 5.91 Å². The highest BCUT2D eigenvalue weighted by atomic mass is 19.3. The van der Waals surface area contributed by atoms with Gasteiger partial charge in [0.1, 0.15) is 0 Å². The van der Waals surface area contributed by atoms with E-state index in [1.807, 2.05) is 0 Å². The SMILES string of the molecule is NCC(F)(F)CNC(=O)CCCC1CCCCC1. The van der Waals surface area contributed by atoms with Gasteiger partial charge in [-0.15, -0.1) is 0 Å². The molecule has 1 amide bonds. The average molecular weight is 262 g/mol. The Kier molecular flexibility index (Phi) is 6.54. The molecular formula is C13H24F2N2O. The second-order valence-corrected chi connectivity index (χ2v) is 5.23. The third-order valence-electron chi connectivity index (χ3n) is 3.58. The lowest BCUT2D eigenvalue weighted by atomic mass is 9.86. The zero-order chi connectivity index (χ0) is 13.4. The monoisotopic (exact) mass is 262 g/mol. The van der Waals surface area contributed by atoms with Gasteiger partial charge in [-0.25, -0.2) is 8.78 Å². The van der Waals surface area contributed by atoms with Gasteiger partial charge in [-0.3, -0.25) is 4.79 Å². The van der Waals surface area contributed by atoms with E-state index in [0.717, 1.165) is 18.8 Å². The van der Waals surface area contributed by atoms with Gasteiger partial charge < -0.3 is 11.1 Å². The lowest BCUT2D eigenvalue weighted by Gasteiger charge is -2.21. The normalized spacial score (nSPS) is 17.7. The number of carbonyl (C=O) groups excluding carboxylic acids is 1. The number of amides is 1. The molecule has 0 spiro atoms. The molecule has 0 atom stereocenters. The van der Waals surface area contributed by atoms with Gasteiger partial charge in [0.2, 0.25) is 5.91 Å². The zero-order valence-electron chi connectivity index (χ0n) is 10.9. The van der Waals surface area contributed by atoms with Crippen LogP contribution in [0.5, 0.6) is 0 Å². The molecule has 0 aromatic heterocycles. The lowest BCUT2D eigenvalue weighted by Crippen LogP contribution is -2.41. The lowest BCUT2D eigenvalue weighted by molar-refractivity contribution is -0.123. The van der Waals surface area contributed by atoms with Crippen LogP contribution < -0.4 is 11.1 Å². The number of halogens is 2. The zero-order valence-corrected chi connectivity index (χ0v) is 10.9. The maximum absolute atomic E-state index is 12.8. The van der Waals surface area contributed by atoms with Crippen molar-refractivity contribution < 1.29 is 13.6 Å². The van der Waals surface area contributed by atoms with Crippen molar-refractivity contribution in [3.05, 3.63) is 0 Å². The smallest absolute Gasteiger partial charge is 0.277 e. The predicted molar refractivity (Wildman–Crippen MR) is 67.4 cm³/mol. The number of hydrogen-bond donors (Lipinski definition) is 2. The molecule has 1 aliphatic carbocycles. The molecule has 0 bridgehead atoms. The maximum Gasteiger partial charge on any atom is 0.277 e. The van der Waals surface area contributed by atoms with Crippen molar-refractivity contribution in [1.82, 2.24) is 5.32 Å². The number of nitrogens with one attached hydrogen (secondary N) is 1. The molecule has 0 unspecified atom stereocenters. The Bertz CT molecular complexity index is 253. The molecule has 1 rings (SSSR count). The standard InChI is InChI=1S/C13H24F2N2O/c14-13(15,9-16)10-17-12(18)8-4-7-11-5-2-1-3-6-11/h11H,1-10,16H2,(H,17,18). The first-order valence-corrected chi connectivity index (χ1v) is 6.88. The fraction of sp³-hybridized carbons (Fsp3) is 0.923. The van der Waals surface area contributed by atoms with Crippen LogP contribution in [0.15, 0.2) is 0 Å². The fourth-order valence-electron chi connectivity index (χ4n) is 2.42. The third-order valence-corrected chi connectivity index (χ3v) is 3.58. The van der Waals surface area contributed by atoms with E-state index in [4.69, 9.17) is 5.73 Å². The summed E-state index contributed by atoms with van der Waals surface area (Å²) in [6.45, 7) is -1.37. The predicted octanol–water partition coefficient (Wildman–Crippen LogP) is 2.45. The minimum Gasteiger partial charge on any atom is -0.350 e. The Hall–Kier alpha value is -0.710. The summed E-state index contributed by atoms with van der Waals surface area (Å²) in [7, 11) is 0. The van der Waals surface area contributed by atoms with Crippen LogP contribution in [0.2, 0.25) is 0 Å². The largest absolute Gasteiger partial charge is 0.350 e. The summed E-state index contributed by atoms with van der Waals surface area (Å²) in [5, 5.41) is 2.24. The van der Waals surface area contributed by atoms with Gasteiger partial charge in [0.15, 0.2) is 0 Å². The van der Waals surface area contributed by atoms with Crippen LogP contribution in [0.3, 0.4) is 0 Å². The Morgan fingerprint density at radius 1 is 1.28 bits per heavy atom. The summed E-state index contributed by atoms with van der Waals surface area (Å²) < 4.78 is 25.6. The molecule has 1 fully saturated rings. The molecule has 18 heavy (non-hydrogen) atoms. The quantitative estimate of drug-likeness (QED) is 0.740. The summed E-state index contributed by atoms with van der Waals surface area (Å²) in [5.74, 6) is -2.55. The molecule has 5 heteroatoms. The second kappa shape index (κ2) is 7.67. The van der Waals surface area contributed by atoms with E-state index >= 15 is 0 Å². The van der Waals surface area contributed by atoms with Crippen molar-refractivity contribution in [2.75, 3.05) is 13.1 Å². The molecular weight excluding hydrogens is 238 g/mol. The summed E-state index contributed by atoms with van der Waals surface area (Å²) in [6.07, 6.45) is 8.60. The Morgan fingerprint density at radius 2 is 1.94 bits per heavy atom. The molecule has 0 aliphatic heterocycles. The van der Waals surface area contributed by atoms with Crippen LogP contribution in [0.4, 0.5) is 8.78 Å². The van der Waals surface area contributed by atoms with Crippen LogP contribution in [-0.2, 0) is 4.79 Å². The number of hydrogen-bond acceptors (Lipinski definition) is 2. The molecule has 3 N–H and O–H groups in total. The van der Waals surface area contributed by atoms with Gasteiger partial charge >= 0.3 is 0 Å².